The summed E-state index contributed by atoms with van der Waals surface area (Å²) in [7, 11) is 3.09. The van der Waals surface area contributed by atoms with Crippen molar-refractivity contribution in [1.82, 2.24) is 10.2 Å². The van der Waals surface area contributed by atoms with E-state index in [0.717, 1.165) is 0 Å². The molecule has 0 radical (unpaired) electrons. The van der Waals surface area contributed by atoms with Crippen LogP contribution in [0.1, 0.15) is 18.5 Å². The molecule has 0 fully saturated rings. The molecule has 1 heterocycles. The average Bonchev–Trinajstić information content (AvgIpc) is 2.74. The van der Waals surface area contributed by atoms with Crippen LogP contribution in [0.25, 0.3) is 0 Å². The number of ether oxygens (including phenoxy) is 3. The summed E-state index contributed by atoms with van der Waals surface area (Å²) in [5.74, 6) is 0.133. The number of rotatable bonds is 7. The van der Waals surface area contributed by atoms with E-state index in [0.29, 0.717) is 22.8 Å². The molecule has 0 spiro atoms. The lowest BCUT2D eigenvalue weighted by atomic mass is 9.94. The predicted molar refractivity (Wildman–Crippen MR) is 108 cm³/mol. The number of halogens is 1. The van der Waals surface area contributed by atoms with Crippen molar-refractivity contribution in [1.29, 1.82) is 0 Å². The number of likely N-dealkylation sites (N-methyl/N-ethyl adjacent to an activating group) is 1. The number of esters is 1. The zero-order valence-electron chi connectivity index (χ0n) is 17.0. The number of hydrogen-bond donors (Lipinski definition) is 1. The van der Waals surface area contributed by atoms with Crippen LogP contribution in [0.3, 0.4) is 0 Å². The number of nitrogens with one attached hydrogen (secondary N) is 1. The first kappa shape index (κ1) is 21.2. The van der Waals surface area contributed by atoms with Crippen molar-refractivity contribution < 1.29 is 28.2 Å². The van der Waals surface area contributed by atoms with Crippen molar-refractivity contribution in [2.75, 3.05) is 27.4 Å². The Labute approximate surface area is 174 Å². The van der Waals surface area contributed by atoms with Crippen molar-refractivity contribution in [2.45, 2.75) is 13.0 Å². The van der Waals surface area contributed by atoms with Gasteiger partial charge in [-0.25, -0.2) is 14.0 Å². The Hall–Kier alpha value is -3.55. The smallest absolute Gasteiger partial charge is 0.338 e. The van der Waals surface area contributed by atoms with Crippen molar-refractivity contribution in [3.8, 4) is 11.5 Å². The second-order valence-corrected chi connectivity index (χ2v) is 6.54. The van der Waals surface area contributed by atoms with Gasteiger partial charge >= 0.3 is 12.0 Å². The molecular weight excluding hydrogens is 391 g/mol. The Morgan fingerprint density at radius 2 is 1.87 bits per heavy atom. The number of urea groups is 1. The maximum Gasteiger partial charge on any atom is 0.338 e. The second-order valence-electron chi connectivity index (χ2n) is 6.54. The molecule has 0 unspecified atom stereocenters. The van der Waals surface area contributed by atoms with E-state index < -0.39 is 23.9 Å². The zero-order valence-corrected chi connectivity index (χ0v) is 17.0. The third-order valence-corrected chi connectivity index (χ3v) is 4.69. The first-order valence-electron chi connectivity index (χ1n) is 9.41. The van der Waals surface area contributed by atoms with Crippen LogP contribution in [0.5, 0.6) is 11.5 Å². The number of methoxy groups -OCH3 is 1. The summed E-state index contributed by atoms with van der Waals surface area (Å²) >= 11 is 0. The fraction of sp³-hybridized carbons (Fsp3) is 0.273. The van der Waals surface area contributed by atoms with E-state index >= 15 is 0 Å². The van der Waals surface area contributed by atoms with Gasteiger partial charge in [0.15, 0.2) is 0 Å². The van der Waals surface area contributed by atoms with Crippen LogP contribution in [0.15, 0.2) is 59.8 Å². The molecule has 7 nitrogen and oxygen atoms in total. The molecule has 2 aromatic carbocycles. The number of hydrogen-bond acceptors (Lipinski definition) is 5. The fourth-order valence-electron chi connectivity index (χ4n) is 3.14. The topological polar surface area (TPSA) is 77.1 Å². The molecule has 1 aliphatic rings. The molecule has 158 valence electrons. The number of amides is 2. The third-order valence-electron chi connectivity index (χ3n) is 4.69. The Balaban J connectivity index is 1.99. The molecule has 1 N–H and O–H groups in total. The maximum absolute atomic E-state index is 13.8. The average molecular weight is 414 g/mol. The van der Waals surface area contributed by atoms with E-state index in [9.17, 15) is 14.0 Å². The lowest BCUT2D eigenvalue weighted by Crippen LogP contribution is -2.48. The minimum atomic E-state index is -0.863. The van der Waals surface area contributed by atoms with Gasteiger partial charge in [-0.05, 0) is 48.9 Å². The molecule has 30 heavy (non-hydrogen) atoms. The molecule has 2 amide bonds. The number of benzene rings is 2. The summed E-state index contributed by atoms with van der Waals surface area (Å²) in [6.07, 6.45) is 0. The van der Waals surface area contributed by atoms with Gasteiger partial charge in [0.25, 0.3) is 0 Å². The van der Waals surface area contributed by atoms with E-state index in [-0.39, 0.29) is 18.8 Å². The van der Waals surface area contributed by atoms with Gasteiger partial charge < -0.3 is 19.5 Å². The van der Waals surface area contributed by atoms with Gasteiger partial charge in [0, 0.05) is 7.05 Å². The summed E-state index contributed by atoms with van der Waals surface area (Å²) in [5, 5.41) is 2.73. The molecular formula is C22H23FN2O5. The monoisotopic (exact) mass is 414 g/mol. The molecule has 1 aliphatic heterocycles. The maximum atomic E-state index is 13.8. The van der Waals surface area contributed by atoms with Crippen molar-refractivity contribution in [3.63, 3.8) is 0 Å². The Kier molecular flexibility index (Phi) is 6.56. The molecule has 0 aliphatic carbocycles. The fourth-order valence-corrected chi connectivity index (χ4v) is 3.14. The van der Waals surface area contributed by atoms with Crippen LogP contribution >= 0.6 is 0 Å². The van der Waals surface area contributed by atoms with E-state index in [1.54, 1.807) is 44.4 Å². The van der Waals surface area contributed by atoms with Crippen molar-refractivity contribution >= 4 is 12.0 Å². The normalized spacial score (nSPS) is 16.2. The Bertz CT molecular complexity index is 958. The summed E-state index contributed by atoms with van der Waals surface area (Å²) < 4.78 is 30.0. The van der Waals surface area contributed by atoms with Gasteiger partial charge in [-0.1, -0.05) is 12.1 Å². The first-order valence-corrected chi connectivity index (χ1v) is 9.41. The first-order chi connectivity index (χ1) is 14.4. The molecule has 3 rings (SSSR count). The Morgan fingerprint density at radius 3 is 2.50 bits per heavy atom. The number of nitrogens with zero attached hydrogens (tertiary/aromatic N) is 1. The van der Waals surface area contributed by atoms with Crippen LogP contribution in [0.4, 0.5) is 9.18 Å². The minimum absolute atomic E-state index is 0.0593. The largest absolute Gasteiger partial charge is 0.497 e. The molecule has 0 saturated carbocycles. The highest BCUT2D eigenvalue weighted by Gasteiger charge is 2.37. The van der Waals surface area contributed by atoms with E-state index in [1.165, 1.54) is 30.1 Å². The van der Waals surface area contributed by atoms with Gasteiger partial charge in [0.2, 0.25) is 0 Å². The van der Waals surface area contributed by atoms with Crippen LogP contribution in [-0.4, -0.2) is 44.3 Å². The standard InChI is InChI=1S/C22H23FN2O5/c1-4-29-21(26)19-18(13-30-17-10-8-16(28-3)9-11-17)25(2)22(27)24-20(19)14-6-5-7-15(23)12-14/h5-12,20H,4,13H2,1-3H3,(H,24,27)/t20-/m1/s1. The van der Waals surface area contributed by atoms with Gasteiger partial charge in [0.05, 0.1) is 31.0 Å². The SMILES string of the molecule is CCOC(=O)C1=C(COc2ccc(OC)cc2)N(C)C(=O)N[C@@H]1c1cccc(F)c1. The summed E-state index contributed by atoms with van der Waals surface area (Å²) in [6, 6.07) is 11.3. The summed E-state index contributed by atoms with van der Waals surface area (Å²) in [4.78, 5) is 26.7. The molecule has 0 saturated heterocycles. The van der Waals surface area contributed by atoms with Crippen LogP contribution in [-0.2, 0) is 9.53 Å². The molecule has 8 heteroatoms. The Morgan fingerprint density at radius 1 is 1.17 bits per heavy atom. The van der Waals surface area contributed by atoms with Crippen molar-refractivity contribution in [3.05, 3.63) is 71.2 Å². The van der Waals surface area contributed by atoms with Gasteiger partial charge in [-0.3, -0.25) is 4.90 Å². The van der Waals surface area contributed by atoms with E-state index in [2.05, 4.69) is 5.32 Å². The van der Waals surface area contributed by atoms with Gasteiger partial charge in [-0.15, -0.1) is 0 Å². The molecule has 1 atom stereocenters. The van der Waals surface area contributed by atoms with E-state index in [4.69, 9.17) is 14.2 Å². The zero-order chi connectivity index (χ0) is 21.7. The minimum Gasteiger partial charge on any atom is -0.497 e. The highest BCUT2D eigenvalue weighted by molar-refractivity contribution is 5.95. The van der Waals surface area contributed by atoms with Crippen LogP contribution in [0.2, 0.25) is 0 Å². The highest BCUT2D eigenvalue weighted by atomic mass is 19.1. The lowest BCUT2D eigenvalue weighted by molar-refractivity contribution is -0.139. The van der Waals surface area contributed by atoms with Crippen molar-refractivity contribution in [2.24, 2.45) is 0 Å². The highest BCUT2D eigenvalue weighted by Crippen LogP contribution is 2.31. The summed E-state index contributed by atoms with van der Waals surface area (Å²) in [5.41, 5.74) is 0.960. The lowest BCUT2D eigenvalue weighted by Gasteiger charge is -2.34. The summed E-state index contributed by atoms with van der Waals surface area (Å²) in [6.45, 7) is 1.78. The van der Waals surface area contributed by atoms with Gasteiger partial charge in [-0.2, -0.15) is 0 Å². The molecule has 0 bridgehead atoms. The number of carbonyl (C=O) groups is 2. The molecule has 0 aromatic heterocycles. The third kappa shape index (κ3) is 4.53. The van der Waals surface area contributed by atoms with Crippen LogP contribution < -0.4 is 14.8 Å². The number of carbonyl (C=O) groups excluding carboxylic acids is 2. The van der Waals surface area contributed by atoms with E-state index in [1.807, 2.05) is 0 Å². The van der Waals surface area contributed by atoms with Gasteiger partial charge in [0.1, 0.15) is 23.9 Å². The molecule has 2 aromatic rings. The predicted octanol–water partition coefficient (Wildman–Crippen LogP) is 3.43. The quantitative estimate of drug-likeness (QED) is 0.703. The second kappa shape index (κ2) is 9.30. The van der Waals surface area contributed by atoms with Crippen LogP contribution in [0, 0.1) is 5.82 Å².